The van der Waals surface area contributed by atoms with Crippen molar-refractivity contribution in [3.8, 4) is 0 Å². The molecule has 2 amide bonds. The van der Waals surface area contributed by atoms with E-state index in [2.05, 4.69) is 38.4 Å². The molecule has 4 heterocycles. The quantitative estimate of drug-likeness (QED) is 0.855. The molecule has 2 fully saturated rings. The van der Waals surface area contributed by atoms with Gasteiger partial charge in [-0.2, -0.15) is 16.9 Å². The Balaban J connectivity index is 1.37. The maximum atomic E-state index is 12.5. The number of nitrogens with zero attached hydrogens (tertiary/aromatic N) is 5. The second-order valence-corrected chi connectivity index (χ2v) is 8.87. The van der Waals surface area contributed by atoms with Gasteiger partial charge in [-0.1, -0.05) is 0 Å². The fourth-order valence-electron chi connectivity index (χ4n) is 3.80. The van der Waals surface area contributed by atoms with Gasteiger partial charge in [0.05, 0.1) is 5.69 Å². The lowest BCUT2D eigenvalue weighted by Crippen LogP contribution is -2.46. The molecule has 4 rings (SSSR count). The van der Waals surface area contributed by atoms with Gasteiger partial charge in [-0.05, 0) is 37.3 Å². The number of likely N-dealkylation sites (N-methyl/N-ethyl adjacent to an activating group) is 1. The summed E-state index contributed by atoms with van der Waals surface area (Å²) in [5.74, 6) is 2.17. The van der Waals surface area contributed by atoms with Crippen molar-refractivity contribution in [2.75, 3.05) is 57.0 Å². The predicted molar refractivity (Wildman–Crippen MR) is 105 cm³/mol. The number of hydrogen-bond acceptors (Lipinski definition) is 6. The van der Waals surface area contributed by atoms with E-state index >= 15 is 0 Å². The van der Waals surface area contributed by atoms with Gasteiger partial charge in [-0.25, -0.2) is 4.79 Å². The summed E-state index contributed by atoms with van der Waals surface area (Å²) in [5, 5.41) is 12.6. The van der Waals surface area contributed by atoms with Crippen molar-refractivity contribution < 1.29 is 4.79 Å². The highest BCUT2D eigenvalue weighted by Gasteiger charge is 2.25. The van der Waals surface area contributed by atoms with Gasteiger partial charge in [-0.3, -0.25) is 0 Å². The number of anilines is 1. The highest BCUT2D eigenvalue weighted by molar-refractivity contribution is 8.00. The minimum atomic E-state index is 0.0566. The van der Waals surface area contributed by atoms with Crippen LogP contribution in [0.5, 0.6) is 0 Å². The molecular weight excluding hydrogens is 348 g/mol. The fraction of sp³-hybridized carbons (Fsp3) is 0.722. The first kappa shape index (κ1) is 17.9. The van der Waals surface area contributed by atoms with E-state index in [-0.39, 0.29) is 6.03 Å². The molecule has 0 aliphatic carbocycles. The Hall–Kier alpha value is -1.54. The van der Waals surface area contributed by atoms with Crippen LogP contribution in [0.2, 0.25) is 0 Å². The van der Waals surface area contributed by atoms with E-state index in [1.807, 2.05) is 16.7 Å². The molecular formula is C18H28N6OS. The molecule has 0 radical (unpaired) electrons. The maximum Gasteiger partial charge on any atom is 0.317 e. The zero-order chi connectivity index (χ0) is 17.9. The average Bonchev–Trinajstić information content (AvgIpc) is 3.19. The van der Waals surface area contributed by atoms with Crippen LogP contribution >= 0.6 is 11.8 Å². The lowest BCUT2D eigenvalue weighted by molar-refractivity contribution is 0.192. The number of piperazine rings is 1. The van der Waals surface area contributed by atoms with Crippen LogP contribution in [0.1, 0.15) is 24.1 Å². The molecule has 1 N–H and O–H groups in total. The van der Waals surface area contributed by atoms with Gasteiger partial charge in [0, 0.05) is 57.5 Å². The number of thioether (sulfide) groups is 1. The summed E-state index contributed by atoms with van der Waals surface area (Å²) in [6.45, 7) is 6.20. The van der Waals surface area contributed by atoms with Crippen molar-refractivity contribution in [1.82, 2.24) is 25.3 Å². The molecule has 2 saturated heterocycles. The van der Waals surface area contributed by atoms with Gasteiger partial charge in [0.2, 0.25) is 0 Å². The first-order chi connectivity index (χ1) is 12.7. The molecule has 1 atom stereocenters. The van der Waals surface area contributed by atoms with Crippen LogP contribution in [-0.2, 0) is 13.0 Å². The summed E-state index contributed by atoms with van der Waals surface area (Å²) in [6.07, 6.45) is 3.28. The van der Waals surface area contributed by atoms with E-state index < -0.39 is 0 Å². The standard InChI is InChI=1S/C18H28N6OS/c1-22-6-8-23(9-7-22)17-11-14-13-24(5-4-16(14)20-21-17)18(25)19-12-15-3-2-10-26-15/h11,15H,2-10,12-13H2,1H3,(H,19,25). The third-order valence-corrected chi connectivity index (χ3v) is 6.94. The minimum absolute atomic E-state index is 0.0566. The van der Waals surface area contributed by atoms with Gasteiger partial charge in [0.1, 0.15) is 0 Å². The fourth-order valence-corrected chi connectivity index (χ4v) is 5.00. The number of hydrogen-bond donors (Lipinski definition) is 1. The Bertz CT molecular complexity index is 643. The van der Waals surface area contributed by atoms with Crippen molar-refractivity contribution in [2.45, 2.75) is 31.1 Å². The largest absolute Gasteiger partial charge is 0.353 e. The van der Waals surface area contributed by atoms with Gasteiger partial charge in [0.25, 0.3) is 0 Å². The smallest absolute Gasteiger partial charge is 0.317 e. The van der Waals surface area contributed by atoms with E-state index in [4.69, 9.17) is 0 Å². The maximum absolute atomic E-state index is 12.5. The highest BCUT2D eigenvalue weighted by Crippen LogP contribution is 2.25. The molecule has 3 aliphatic rings. The first-order valence-electron chi connectivity index (χ1n) is 9.62. The number of urea groups is 1. The lowest BCUT2D eigenvalue weighted by atomic mass is 10.1. The van der Waals surface area contributed by atoms with Crippen molar-refractivity contribution in [2.24, 2.45) is 0 Å². The molecule has 3 aliphatic heterocycles. The van der Waals surface area contributed by atoms with Gasteiger partial charge >= 0.3 is 6.03 Å². The van der Waals surface area contributed by atoms with Gasteiger partial charge in [0.15, 0.2) is 5.82 Å². The van der Waals surface area contributed by atoms with E-state index in [1.165, 1.54) is 18.6 Å². The molecule has 0 aromatic carbocycles. The van der Waals surface area contributed by atoms with Crippen LogP contribution in [0.4, 0.5) is 10.6 Å². The second-order valence-electron chi connectivity index (χ2n) is 7.46. The summed E-state index contributed by atoms with van der Waals surface area (Å²) in [6, 6.07) is 2.20. The third-order valence-electron chi connectivity index (χ3n) is 5.55. The number of amides is 2. The average molecular weight is 377 g/mol. The molecule has 142 valence electrons. The monoisotopic (exact) mass is 376 g/mol. The molecule has 0 bridgehead atoms. The molecule has 0 spiro atoms. The highest BCUT2D eigenvalue weighted by atomic mass is 32.2. The van der Waals surface area contributed by atoms with Crippen molar-refractivity contribution in [3.63, 3.8) is 0 Å². The van der Waals surface area contributed by atoms with Gasteiger partial charge < -0.3 is 20.0 Å². The molecule has 1 unspecified atom stereocenters. The first-order valence-corrected chi connectivity index (χ1v) is 10.7. The molecule has 8 heteroatoms. The molecule has 0 saturated carbocycles. The number of fused-ring (bicyclic) bond motifs is 1. The number of aromatic nitrogens is 2. The summed E-state index contributed by atoms with van der Waals surface area (Å²) >= 11 is 1.98. The van der Waals surface area contributed by atoms with E-state index in [0.29, 0.717) is 11.8 Å². The normalized spacial score (nSPS) is 23.8. The van der Waals surface area contributed by atoms with E-state index in [0.717, 1.165) is 62.8 Å². The van der Waals surface area contributed by atoms with Crippen molar-refractivity contribution >= 4 is 23.6 Å². The minimum Gasteiger partial charge on any atom is -0.353 e. The van der Waals surface area contributed by atoms with Crippen LogP contribution in [0.15, 0.2) is 6.07 Å². The Kier molecular flexibility index (Phi) is 5.49. The SMILES string of the molecule is CN1CCN(c2cc3c(nn2)CCN(C(=O)NCC2CCCS2)C3)CC1. The van der Waals surface area contributed by atoms with Crippen molar-refractivity contribution in [3.05, 3.63) is 17.3 Å². The van der Waals surface area contributed by atoms with Gasteiger partial charge in [-0.15, -0.1) is 5.10 Å². The third kappa shape index (κ3) is 4.06. The molecule has 1 aromatic rings. The second kappa shape index (κ2) is 8.00. The molecule has 7 nitrogen and oxygen atoms in total. The zero-order valence-electron chi connectivity index (χ0n) is 15.5. The molecule has 26 heavy (non-hydrogen) atoms. The number of carbonyl (C=O) groups is 1. The Morgan fingerprint density at radius 1 is 1.27 bits per heavy atom. The van der Waals surface area contributed by atoms with E-state index in [9.17, 15) is 4.79 Å². The summed E-state index contributed by atoms with van der Waals surface area (Å²) in [7, 11) is 2.15. The van der Waals surface area contributed by atoms with Crippen LogP contribution in [0.3, 0.4) is 0 Å². The number of nitrogens with one attached hydrogen (secondary N) is 1. The lowest BCUT2D eigenvalue weighted by Gasteiger charge is -2.34. The zero-order valence-corrected chi connectivity index (χ0v) is 16.3. The van der Waals surface area contributed by atoms with Crippen LogP contribution in [0.25, 0.3) is 0 Å². The van der Waals surface area contributed by atoms with E-state index in [1.54, 1.807) is 0 Å². The van der Waals surface area contributed by atoms with Crippen LogP contribution in [-0.4, -0.2) is 83.3 Å². The summed E-state index contributed by atoms with van der Waals surface area (Å²) in [5.41, 5.74) is 2.18. The Labute approximate surface area is 159 Å². The van der Waals surface area contributed by atoms with Crippen LogP contribution < -0.4 is 10.2 Å². The predicted octanol–water partition coefficient (Wildman–Crippen LogP) is 1.19. The van der Waals surface area contributed by atoms with Crippen molar-refractivity contribution in [1.29, 1.82) is 0 Å². The summed E-state index contributed by atoms with van der Waals surface area (Å²) in [4.78, 5) is 19.1. The number of rotatable bonds is 3. The Morgan fingerprint density at radius 2 is 2.12 bits per heavy atom. The topological polar surface area (TPSA) is 64.6 Å². The summed E-state index contributed by atoms with van der Waals surface area (Å²) < 4.78 is 0. The number of carbonyl (C=O) groups excluding carboxylic acids is 1. The molecule has 1 aromatic heterocycles. The van der Waals surface area contributed by atoms with Crippen LogP contribution in [0, 0.1) is 0 Å². The Morgan fingerprint density at radius 3 is 2.88 bits per heavy atom.